The lowest BCUT2D eigenvalue weighted by atomic mass is 9.98. The van der Waals surface area contributed by atoms with Crippen molar-refractivity contribution in [3.63, 3.8) is 0 Å². The molecule has 0 radical (unpaired) electrons. The van der Waals surface area contributed by atoms with Gasteiger partial charge in [0.1, 0.15) is 5.82 Å². The van der Waals surface area contributed by atoms with E-state index in [9.17, 15) is 9.18 Å². The third-order valence-electron chi connectivity index (χ3n) is 4.62. The van der Waals surface area contributed by atoms with Crippen LogP contribution in [0.25, 0.3) is 0 Å². The monoisotopic (exact) mass is 382 g/mol. The van der Waals surface area contributed by atoms with Crippen molar-refractivity contribution < 1.29 is 9.18 Å². The largest absolute Gasteiger partial charge is 0.378 e. The Kier molecular flexibility index (Phi) is 4.70. The number of hydrogen-bond acceptors (Lipinski definition) is 5. The molecule has 27 heavy (non-hydrogen) atoms. The molecule has 5 nitrogen and oxygen atoms in total. The van der Waals surface area contributed by atoms with Gasteiger partial charge in [-0.15, -0.1) is 0 Å². The molecule has 1 unspecified atom stereocenters. The van der Waals surface area contributed by atoms with Crippen LogP contribution < -0.4 is 4.90 Å². The maximum atomic E-state index is 13.3. The lowest BCUT2D eigenvalue weighted by molar-refractivity contribution is -0.115. The molecule has 0 aliphatic carbocycles. The summed E-state index contributed by atoms with van der Waals surface area (Å²) < 4.78 is 13.3. The Morgan fingerprint density at radius 2 is 1.81 bits per heavy atom. The molecule has 0 bridgehead atoms. The van der Waals surface area contributed by atoms with Crippen molar-refractivity contribution in [2.75, 3.05) is 24.7 Å². The average Bonchev–Trinajstić information content (AvgIpc) is 3.29. The normalized spacial score (nSPS) is 19.3. The molecule has 2 heterocycles. The van der Waals surface area contributed by atoms with Crippen LogP contribution in [0, 0.1) is 5.82 Å². The maximum absolute atomic E-state index is 13.3. The third kappa shape index (κ3) is 3.60. The first-order valence-corrected chi connectivity index (χ1v) is 9.64. The molecular formula is C20H19FN4OS. The van der Waals surface area contributed by atoms with Crippen LogP contribution in [0.5, 0.6) is 0 Å². The summed E-state index contributed by atoms with van der Waals surface area (Å²) >= 11 is 1.40. The zero-order chi connectivity index (χ0) is 19.0. The number of halogens is 1. The molecule has 1 atom stereocenters. The van der Waals surface area contributed by atoms with Crippen LogP contribution in [0.4, 0.5) is 10.1 Å². The van der Waals surface area contributed by atoms with E-state index in [1.807, 2.05) is 24.0 Å². The van der Waals surface area contributed by atoms with Gasteiger partial charge in [-0.3, -0.25) is 4.79 Å². The molecule has 1 amide bonds. The first kappa shape index (κ1) is 17.7. The summed E-state index contributed by atoms with van der Waals surface area (Å²) in [4.78, 5) is 17.8. The van der Waals surface area contributed by atoms with Gasteiger partial charge in [0.25, 0.3) is 5.91 Å². The molecule has 0 spiro atoms. The molecule has 0 saturated carbocycles. The fourth-order valence-electron chi connectivity index (χ4n) is 3.17. The van der Waals surface area contributed by atoms with E-state index < -0.39 is 0 Å². The number of carbonyl (C=O) groups is 1. The first-order valence-electron chi connectivity index (χ1n) is 8.65. The van der Waals surface area contributed by atoms with Gasteiger partial charge in [-0.25, -0.2) is 9.40 Å². The van der Waals surface area contributed by atoms with Crippen LogP contribution in [0.15, 0.2) is 58.6 Å². The molecule has 4 rings (SSSR count). The highest BCUT2D eigenvalue weighted by atomic mass is 32.2. The van der Waals surface area contributed by atoms with Gasteiger partial charge in [-0.05, 0) is 35.4 Å². The average molecular weight is 382 g/mol. The second-order valence-electron chi connectivity index (χ2n) is 6.68. The van der Waals surface area contributed by atoms with Crippen LogP contribution in [-0.4, -0.2) is 41.6 Å². The van der Waals surface area contributed by atoms with Crippen molar-refractivity contribution in [3.05, 3.63) is 65.5 Å². The number of rotatable bonds is 3. The molecule has 0 saturated heterocycles. The number of hydrogen-bond donors (Lipinski definition) is 0. The molecule has 2 aliphatic heterocycles. The number of thioether (sulfide) groups is 1. The second-order valence-corrected chi connectivity index (χ2v) is 7.62. The highest BCUT2D eigenvalue weighted by Crippen LogP contribution is 2.36. The number of aliphatic imine (C=N–C) groups is 1. The minimum atomic E-state index is -0.272. The van der Waals surface area contributed by atoms with Gasteiger partial charge in [0.2, 0.25) is 0 Å². The molecule has 2 aliphatic rings. The van der Waals surface area contributed by atoms with E-state index in [1.165, 1.54) is 23.9 Å². The Balaban J connectivity index is 1.68. The van der Waals surface area contributed by atoms with Gasteiger partial charge in [0, 0.05) is 26.2 Å². The van der Waals surface area contributed by atoms with Crippen molar-refractivity contribution in [1.82, 2.24) is 5.01 Å². The van der Waals surface area contributed by atoms with Gasteiger partial charge >= 0.3 is 0 Å². The summed E-state index contributed by atoms with van der Waals surface area (Å²) in [6.45, 7) is 0. The summed E-state index contributed by atoms with van der Waals surface area (Å²) in [5, 5.41) is 7.19. The lowest BCUT2D eigenvalue weighted by Gasteiger charge is -2.23. The number of nitrogens with zero attached hydrogens (tertiary/aromatic N) is 4. The topological polar surface area (TPSA) is 48.3 Å². The van der Waals surface area contributed by atoms with E-state index in [4.69, 9.17) is 5.10 Å². The molecule has 138 valence electrons. The van der Waals surface area contributed by atoms with Crippen molar-refractivity contribution in [2.24, 2.45) is 10.1 Å². The Morgan fingerprint density at radius 1 is 1.11 bits per heavy atom. The maximum Gasteiger partial charge on any atom is 0.258 e. The SMILES string of the molecule is CN(C)c1ccc(C2CC(c3ccc(F)cc3)=NN2C2=NC(=O)CS2)cc1. The molecule has 2 aromatic carbocycles. The predicted octanol–water partition coefficient (Wildman–Crippen LogP) is 3.67. The van der Waals surface area contributed by atoms with Crippen LogP contribution in [0.3, 0.4) is 0 Å². The summed E-state index contributed by atoms with van der Waals surface area (Å²) in [6.07, 6.45) is 0.667. The summed E-state index contributed by atoms with van der Waals surface area (Å²) in [5.41, 5.74) is 3.96. The van der Waals surface area contributed by atoms with Crippen LogP contribution in [0.2, 0.25) is 0 Å². The van der Waals surface area contributed by atoms with Crippen LogP contribution in [0.1, 0.15) is 23.6 Å². The third-order valence-corrected chi connectivity index (χ3v) is 5.55. The number of amidine groups is 1. The highest BCUT2D eigenvalue weighted by molar-refractivity contribution is 8.14. The van der Waals surface area contributed by atoms with E-state index in [0.29, 0.717) is 17.3 Å². The smallest absolute Gasteiger partial charge is 0.258 e. The molecule has 0 N–H and O–H groups in total. The minimum Gasteiger partial charge on any atom is -0.378 e. The van der Waals surface area contributed by atoms with E-state index in [1.54, 1.807) is 12.1 Å². The number of anilines is 1. The summed E-state index contributed by atoms with van der Waals surface area (Å²) in [6, 6.07) is 14.6. The summed E-state index contributed by atoms with van der Waals surface area (Å²) in [7, 11) is 4.00. The number of amides is 1. The lowest BCUT2D eigenvalue weighted by Crippen LogP contribution is -2.23. The highest BCUT2D eigenvalue weighted by Gasteiger charge is 2.34. The van der Waals surface area contributed by atoms with Crippen molar-refractivity contribution in [1.29, 1.82) is 0 Å². The Hall–Kier alpha value is -2.67. The van der Waals surface area contributed by atoms with Crippen molar-refractivity contribution in [2.45, 2.75) is 12.5 Å². The number of carbonyl (C=O) groups excluding carboxylic acids is 1. The Labute approximate surface area is 161 Å². The standard InChI is InChI=1S/C20H19FN4OS/c1-24(2)16-9-5-14(6-10-16)18-11-17(13-3-7-15(21)8-4-13)23-25(18)20-22-19(26)12-27-20/h3-10,18H,11-12H2,1-2H3. The fourth-order valence-corrected chi connectivity index (χ4v) is 3.96. The number of benzene rings is 2. The minimum absolute atomic E-state index is 0.0431. The zero-order valence-electron chi connectivity index (χ0n) is 15.1. The second kappa shape index (κ2) is 7.15. The van der Waals surface area contributed by atoms with Gasteiger partial charge in [0.05, 0.1) is 17.5 Å². The Bertz CT molecular complexity index is 922. The summed E-state index contributed by atoms with van der Waals surface area (Å²) in [5.74, 6) is -0.0621. The van der Waals surface area contributed by atoms with E-state index in [0.717, 1.165) is 22.5 Å². The first-order chi connectivity index (χ1) is 13.0. The predicted molar refractivity (Wildman–Crippen MR) is 108 cm³/mol. The van der Waals surface area contributed by atoms with Gasteiger partial charge in [0.15, 0.2) is 5.17 Å². The van der Waals surface area contributed by atoms with Crippen molar-refractivity contribution >= 4 is 34.2 Å². The van der Waals surface area contributed by atoms with Gasteiger partial charge < -0.3 is 4.90 Å². The molecule has 7 heteroatoms. The number of hydrazone groups is 1. The zero-order valence-corrected chi connectivity index (χ0v) is 15.9. The van der Waals surface area contributed by atoms with Crippen LogP contribution in [-0.2, 0) is 4.79 Å². The van der Waals surface area contributed by atoms with Crippen molar-refractivity contribution in [3.8, 4) is 0 Å². The van der Waals surface area contributed by atoms with Gasteiger partial charge in [-0.2, -0.15) is 10.1 Å². The molecular weight excluding hydrogens is 363 g/mol. The van der Waals surface area contributed by atoms with E-state index in [-0.39, 0.29) is 17.8 Å². The van der Waals surface area contributed by atoms with Crippen LogP contribution >= 0.6 is 11.8 Å². The van der Waals surface area contributed by atoms with Gasteiger partial charge in [-0.1, -0.05) is 36.0 Å². The van der Waals surface area contributed by atoms with E-state index in [2.05, 4.69) is 29.3 Å². The molecule has 0 aromatic heterocycles. The fraction of sp³-hybridized carbons (Fsp3) is 0.250. The quantitative estimate of drug-likeness (QED) is 0.813. The Morgan fingerprint density at radius 3 is 2.41 bits per heavy atom. The molecule has 2 aromatic rings. The van der Waals surface area contributed by atoms with E-state index >= 15 is 0 Å². The molecule has 0 fully saturated rings.